The van der Waals surface area contributed by atoms with E-state index in [-0.39, 0.29) is 10.8 Å². The molecule has 0 amide bonds. The highest BCUT2D eigenvalue weighted by Gasteiger charge is 2.37. The van der Waals surface area contributed by atoms with Crippen molar-refractivity contribution in [3.8, 4) is 11.5 Å². The first-order chi connectivity index (χ1) is 8.33. The van der Waals surface area contributed by atoms with Gasteiger partial charge in [0.2, 0.25) is 0 Å². The van der Waals surface area contributed by atoms with Gasteiger partial charge >= 0.3 is 0 Å². The summed E-state index contributed by atoms with van der Waals surface area (Å²) in [5, 5.41) is 0. The number of rotatable bonds is 2. The fourth-order valence-electron chi connectivity index (χ4n) is 2.77. The Kier molecular flexibility index (Phi) is 2.92. The number of benzene rings is 1. The minimum atomic E-state index is -0.0370. The molecule has 0 bridgehead atoms. The van der Waals surface area contributed by atoms with Crippen LogP contribution in [0.25, 0.3) is 0 Å². The number of ether oxygens (including phenoxy) is 2. The Morgan fingerprint density at radius 3 is 1.33 bits per heavy atom. The largest absolute Gasteiger partial charge is 0.496 e. The van der Waals surface area contributed by atoms with Gasteiger partial charge in [-0.05, 0) is 12.1 Å². The Balaban J connectivity index is 2.83. The third-order valence-corrected chi connectivity index (χ3v) is 3.77. The van der Waals surface area contributed by atoms with Crippen LogP contribution in [0.1, 0.15) is 38.8 Å². The summed E-state index contributed by atoms with van der Waals surface area (Å²) in [6, 6.07) is 3.99. The third-order valence-electron chi connectivity index (χ3n) is 3.77. The van der Waals surface area contributed by atoms with Crippen molar-refractivity contribution in [1.29, 1.82) is 0 Å². The van der Waals surface area contributed by atoms with Gasteiger partial charge in [0.05, 0.1) is 14.2 Å². The highest BCUT2D eigenvalue weighted by atomic mass is 16.5. The van der Waals surface area contributed by atoms with Crippen molar-refractivity contribution < 1.29 is 9.47 Å². The Morgan fingerprint density at radius 2 is 1.06 bits per heavy atom. The predicted molar refractivity (Wildman–Crippen MR) is 74.7 cm³/mol. The van der Waals surface area contributed by atoms with Crippen molar-refractivity contribution in [2.45, 2.75) is 38.5 Å². The fourth-order valence-corrected chi connectivity index (χ4v) is 2.77. The van der Waals surface area contributed by atoms with E-state index < -0.39 is 0 Å². The molecule has 2 rings (SSSR count). The summed E-state index contributed by atoms with van der Waals surface area (Å²) in [6.45, 7) is 8.83. The van der Waals surface area contributed by atoms with Gasteiger partial charge in [0.25, 0.3) is 0 Å². The standard InChI is InChI=1S/C16H22O2/c1-15(2)9-10-16(3,4)14-12(18-6)8-7-11(17-5)13(14)15/h7-10H,1-6H3. The summed E-state index contributed by atoms with van der Waals surface area (Å²) in [7, 11) is 3.45. The van der Waals surface area contributed by atoms with E-state index in [4.69, 9.17) is 9.47 Å². The molecule has 98 valence electrons. The number of fused-ring (bicyclic) bond motifs is 1. The van der Waals surface area contributed by atoms with E-state index in [1.54, 1.807) is 14.2 Å². The van der Waals surface area contributed by atoms with Crippen molar-refractivity contribution in [3.05, 3.63) is 35.4 Å². The van der Waals surface area contributed by atoms with E-state index in [0.29, 0.717) is 0 Å². The van der Waals surface area contributed by atoms with Crippen LogP contribution in [0.4, 0.5) is 0 Å². The molecule has 1 aliphatic carbocycles. The van der Waals surface area contributed by atoms with Crippen molar-refractivity contribution in [2.24, 2.45) is 0 Å². The first-order valence-corrected chi connectivity index (χ1v) is 6.30. The van der Waals surface area contributed by atoms with Crippen LogP contribution >= 0.6 is 0 Å². The molecule has 2 nitrogen and oxygen atoms in total. The Hall–Kier alpha value is -1.44. The van der Waals surface area contributed by atoms with Gasteiger partial charge in [0.15, 0.2) is 0 Å². The summed E-state index contributed by atoms with van der Waals surface area (Å²) in [5.74, 6) is 1.88. The van der Waals surface area contributed by atoms with Crippen molar-refractivity contribution in [3.63, 3.8) is 0 Å². The van der Waals surface area contributed by atoms with Gasteiger partial charge in [0.1, 0.15) is 11.5 Å². The Morgan fingerprint density at radius 1 is 0.722 bits per heavy atom. The molecule has 0 N–H and O–H groups in total. The monoisotopic (exact) mass is 246 g/mol. The molecule has 0 radical (unpaired) electrons. The summed E-state index contributed by atoms with van der Waals surface area (Å²) in [4.78, 5) is 0. The lowest BCUT2D eigenvalue weighted by Crippen LogP contribution is -2.30. The minimum Gasteiger partial charge on any atom is -0.496 e. The molecule has 0 saturated heterocycles. The SMILES string of the molecule is COc1ccc(OC)c2c1C(C)(C)C=CC2(C)C. The molecule has 0 heterocycles. The van der Waals surface area contributed by atoms with Crippen LogP contribution in [0.15, 0.2) is 24.3 Å². The Bertz CT molecular complexity index is 451. The van der Waals surface area contributed by atoms with E-state index >= 15 is 0 Å². The maximum atomic E-state index is 5.55. The lowest BCUT2D eigenvalue weighted by Gasteiger charge is -2.38. The second-order valence-electron chi connectivity index (χ2n) is 6.00. The van der Waals surface area contributed by atoms with Crippen molar-refractivity contribution >= 4 is 0 Å². The molecule has 0 unspecified atom stereocenters. The smallest absolute Gasteiger partial charge is 0.123 e. The highest BCUT2D eigenvalue weighted by Crippen LogP contribution is 2.49. The molecule has 1 aromatic carbocycles. The second-order valence-corrected chi connectivity index (χ2v) is 6.00. The van der Waals surface area contributed by atoms with Gasteiger partial charge in [0, 0.05) is 22.0 Å². The molecule has 1 aromatic rings. The number of methoxy groups -OCH3 is 2. The first-order valence-electron chi connectivity index (χ1n) is 6.30. The average molecular weight is 246 g/mol. The normalized spacial score (nSPS) is 19.2. The summed E-state index contributed by atoms with van der Waals surface area (Å²) >= 11 is 0. The summed E-state index contributed by atoms with van der Waals surface area (Å²) < 4.78 is 11.1. The second kappa shape index (κ2) is 4.04. The van der Waals surface area contributed by atoms with E-state index in [0.717, 1.165) is 11.5 Å². The quantitative estimate of drug-likeness (QED) is 0.738. The molecule has 0 spiro atoms. The predicted octanol–water partition coefficient (Wildman–Crippen LogP) is 3.83. The molecular weight excluding hydrogens is 224 g/mol. The number of allylic oxidation sites excluding steroid dienone is 2. The molecule has 0 aliphatic heterocycles. The van der Waals surface area contributed by atoms with Gasteiger partial charge < -0.3 is 9.47 Å². The van der Waals surface area contributed by atoms with Gasteiger partial charge in [-0.3, -0.25) is 0 Å². The molecule has 0 atom stereocenters. The van der Waals surface area contributed by atoms with Gasteiger partial charge in [-0.1, -0.05) is 39.8 Å². The average Bonchev–Trinajstić information content (AvgIpc) is 2.33. The lowest BCUT2D eigenvalue weighted by atomic mass is 9.67. The molecule has 2 heteroatoms. The van der Waals surface area contributed by atoms with Gasteiger partial charge in [-0.15, -0.1) is 0 Å². The molecule has 0 fully saturated rings. The van der Waals surface area contributed by atoms with Crippen LogP contribution < -0.4 is 9.47 Å². The molecule has 18 heavy (non-hydrogen) atoms. The Labute approximate surface area is 110 Å². The van der Waals surface area contributed by atoms with Crippen molar-refractivity contribution in [1.82, 2.24) is 0 Å². The lowest BCUT2D eigenvalue weighted by molar-refractivity contribution is 0.375. The summed E-state index contributed by atoms with van der Waals surface area (Å²) in [6.07, 6.45) is 4.52. The molecule has 0 saturated carbocycles. The van der Waals surface area contributed by atoms with Gasteiger partial charge in [-0.2, -0.15) is 0 Å². The number of hydrogen-bond acceptors (Lipinski definition) is 2. The van der Waals surface area contributed by atoms with Crippen LogP contribution in [0.2, 0.25) is 0 Å². The minimum absolute atomic E-state index is 0.0370. The zero-order valence-electron chi connectivity index (χ0n) is 12.1. The third kappa shape index (κ3) is 1.80. The first kappa shape index (κ1) is 13.0. The molecule has 1 aliphatic rings. The zero-order valence-corrected chi connectivity index (χ0v) is 12.1. The number of hydrogen-bond donors (Lipinski definition) is 0. The highest BCUT2D eigenvalue weighted by molar-refractivity contribution is 5.60. The van der Waals surface area contributed by atoms with Crippen LogP contribution in [-0.4, -0.2) is 14.2 Å². The maximum absolute atomic E-state index is 5.55. The maximum Gasteiger partial charge on any atom is 0.123 e. The van der Waals surface area contributed by atoms with Crippen LogP contribution in [0, 0.1) is 0 Å². The fraction of sp³-hybridized carbons (Fsp3) is 0.500. The van der Waals surface area contributed by atoms with Crippen LogP contribution in [0.3, 0.4) is 0 Å². The van der Waals surface area contributed by atoms with Crippen molar-refractivity contribution in [2.75, 3.05) is 14.2 Å². The van der Waals surface area contributed by atoms with Crippen LogP contribution in [0.5, 0.6) is 11.5 Å². The van der Waals surface area contributed by atoms with E-state index in [1.165, 1.54) is 11.1 Å². The summed E-state index contributed by atoms with van der Waals surface area (Å²) in [5.41, 5.74) is 2.39. The van der Waals surface area contributed by atoms with E-state index in [2.05, 4.69) is 39.8 Å². The molecule has 0 aromatic heterocycles. The van der Waals surface area contributed by atoms with Crippen LogP contribution in [-0.2, 0) is 10.8 Å². The molecular formula is C16H22O2. The van der Waals surface area contributed by atoms with E-state index in [1.807, 2.05) is 12.1 Å². The topological polar surface area (TPSA) is 18.5 Å². The van der Waals surface area contributed by atoms with Gasteiger partial charge in [-0.25, -0.2) is 0 Å². The zero-order chi connectivity index (χ0) is 13.6. The van der Waals surface area contributed by atoms with E-state index in [9.17, 15) is 0 Å².